The van der Waals surface area contributed by atoms with Crippen LogP contribution in [-0.4, -0.2) is 70.0 Å². The van der Waals surface area contributed by atoms with Gasteiger partial charge in [0.1, 0.15) is 19.8 Å². The molecule has 0 spiro atoms. The van der Waals surface area contributed by atoms with Crippen LogP contribution in [0.2, 0.25) is 0 Å². The third-order valence-corrected chi connectivity index (χ3v) is 11.0. The lowest BCUT2D eigenvalue weighted by atomic mass is 10.0. The quantitative estimate of drug-likeness (QED) is 0.0196. The van der Waals surface area contributed by atoms with Gasteiger partial charge in [-0.05, 0) is 51.4 Å². The largest absolute Gasteiger partial charge is 0.756 e. The standard InChI is InChI=1S/C51H90NO8P/c1-6-8-10-12-14-16-18-20-22-24-26-28-29-31-33-35-37-39-41-43-50(53)57-47-49(48-59-61(55,56)58-46-45-52(3,4)5)60-51(54)44-42-40-38-36-34-32-30-27-25-23-21-19-17-15-13-11-9-7-2/h8,10,14,16,20,22,26,28,31,33,37,39,49H,6-7,9,11-13,15,17-19,21,23-25,27,29-30,32,34-36,38,40-48H2,1-5H3/b10-8+,16-14+,22-20+,28-26+,33-31+,39-37+/t49-/m1/s1. The average Bonchev–Trinajstić information content (AvgIpc) is 3.21. The summed E-state index contributed by atoms with van der Waals surface area (Å²) in [4.78, 5) is 37.6. The molecule has 10 heteroatoms. The zero-order chi connectivity index (χ0) is 45.0. The van der Waals surface area contributed by atoms with E-state index in [-0.39, 0.29) is 26.1 Å². The van der Waals surface area contributed by atoms with Gasteiger partial charge in [-0.25, -0.2) is 0 Å². The van der Waals surface area contributed by atoms with Gasteiger partial charge in [0.15, 0.2) is 6.10 Å². The van der Waals surface area contributed by atoms with E-state index in [1.165, 1.54) is 89.9 Å². The number of unbranched alkanes of at least 4 members (excludes halogenated alkanes) is 17. The molecular formula is C51H90NO8P. The molecule has 0 fully saturated rings. The summed E-state index contributed by atoms with van der Waals surface area (Å²) in [5, 5.41) is 0. The second-order valence-corrected chi connectivity index (χ2v) is 18.5. The number of rotatable bonds is 43. The minimum atomic E-state index is -4.65. The minimum absolute atomic E-state index is 0.0440. The van der Waals surface area contributed by atoms with Gasteiger partial charge in [0.2, 0.25) is 0 Å². The third-order valence-electron chi connectivity index (χ3n) is 10.0. The number of hydrogen-bond acceptors (Lipinski definition) is 8. The number of nitrogens with zero attached hydrogens (tertiary/aromatic N) is 1. The van der Waals surface area contributed by atoms with Crippen molar-refractivity contribution in [2.45, 2.75) is 193 Å². The lowest BCUT2D eigenvalue weighted by Crippen LogP contribution is -2.37. The van der Waals surface area contributed by atoms with Crippen LogP contribution in [0.25, 0.3) is 0 Å². The van der Waals surface area contributed by atoms with E-state index in [0.29, 0.717) is 23.9 Å². The first-order chi connectivity index (χ1) is 29.5. The molecule has 0 radical (unpaired) electrons. The van der Waals surface area contributed by atoms with Crippen molar-refractivity contribution in [2.24, 2.45) is 0 Å². The molecule has 2 atom stereocenters. The molecule has 1 unspecified atom stereocenters. The molecule has 0 aliphatic rings. The topological polar surface area (TPSA) is 111 Å². The Morgan fingerprint density at radius 2 is 0.934 bits per heavy atom. The van der Waals surface area contributed by atoms with Gasteiger partial charge >= 0.3 is 11.9 Å². The molecule has 0 amide bonds. The highest BCUT2D eigenvalue weighted by Gasteiger charge is 2.21. The van der Waals surface area contributed by atoms with Gasteiger partial charge in [0.05, 0.1) is 27.7 Å². The normalized spacial score (nSPS) is 14.1. The number of carbonyl (C=O) groups excluding carboxylic acids is 2. The van der Waals surface area contributed by atoms with Crippen molar-refractivity contribution in [3.63, 3.8) is 0 Å². The molecule has 0 aromatic carbocycles. The number of carbonyl (C=O) groups is 2. The number of phosphoric acid groups is 1. The van der Waals surface area contributed by atoms with E-state index >= 15 is 0 Å². The van der Waals surface area contributed by atoms with Crippen molar-refractivity contribution in [3.8, 4) is 0 Å². The Bertz CT molecular complexity index is 1270. The molecule has 9 nitrogen and oxygen atoms in total. The predicted octanol–water partition coefficient (Wildman–Crippen LogP) is 13.6. The summed E-state index contributed by atoms with van der Waals surface area (Å²) in [7, 11) is 1.12. The van der Waals surface area contributed by atoms with Crippen LogP contribution in [0.5, 0.6) is 0 Å². The van der Waals surface area contributed by atoms with Gasteiger partial charge in [-0.3, -0.25) is 14.2 Å². The van der Waals surface area contributed by atoms with Crippen molar-refractivity contribution in [3.05, 3.63) is 72.9 Å². The van der Waals surface area contributed by atoms with E-state index in [1.807, 2.05) is 33.3 Å². The smallest absolute Gasteiger partial charge is 0.306 e. The van der Waals surface area contributed by atoms with E-state index in [9.17, 15) is 19.0 Å². The average molecular weight is 876 g/mol. The molecule has 0 saturated carbocycles. The number of phosphoric ester groups is 1. The maximum Gasteiger partial charge on any atom is 0.306 e. The van der Waals surface area contributed by atoms with E-state index in [0.717, 1.165) is 57.8 Å². The third kappa shape index (κ3) is 46.8. The van der Waals surface area contributed by atoms with E-state index < -0.39 is 32.5 Å². The van der Waals surface area contributed by atoms with Crippen LogP contribution in [0, 0.1) is 0 Å². The first kappa shape index (κ1) is 58.5. The van der Waals surface area contributed by atoms with Gasteiger partial charge < -0.3 is 27.9 Å². The van der Waals surface area contributed by atoms with Crippen molar-refractivity contribution >= 4 is 19.8 Å². The fraction of sp³-hybridized carbons (Fsp3) is 0.725. The van der Waals surface area contributed by atoms with Gasteiger partial charge in [-0.15, -0.1) is 0 Å². The molecule has 61 heavy (non-hydrogen) atoms. The first-order valence-electron chi connectivity index (χ1n) is 24.1. The van der Waals surface area contributed by atoms with Crippen molar-refractivity contribution < 1.29 is 42.1 Å². The summed E-state index contributed by atoms with van der Waals surface area (Å²) in [6.07, 6.45) is 53.7. The fourth-order valence-corrected chi connectivity index (χ4v) is 7.00. The zero-order valence-electron chi connectivity index (χ0n) is 39.6. The number of hydrogen-bond donors (Lipinski definition) is 0. The van der Waals surface area contributed by atoms with Gasteiger partial charge in [0, 0.05) is 12.8 Å². The Labute approximate surface area is 374 Å². The summed E-state index contributed by atoms with van der Waals surface area (Å²) in [5.74, 6) is -0.931. The molecule has 0 heterocycles. The Balaban J connectivity index is 4.41. The summed E-state index contributed by atoms with van der Waals surface area (Å²) in [6, 6.07) is 0. The second kappa shape index (κ2) is 42.7. The van der Waals surface area contributed by atoms with E-state index in [1.54, 1.807) is 0 Å². The molecule has 0 bridgehead atoms. The summed E-state index contributed by atoms with van der Waals surface area (Å²) >= 11 is 0. The number of ether oxygens (including phenoxy) is 2. The molecule has 0 saturated heterocycles. The molecule has 0 N–H and O–H groups in total. The Kier molecular flexibility index (Phi) is 40.9. The van der Waals surface area contributed by atoms with Gasteiger partial charge in [-0.2, -0.15) is 0 Å². The monoisotopic (exact) mass is 876 g/mol. The van der Waals surface area contributed by atoms with Crippen LogP contribution in [0.1, 0.15) is 187 Å². The Morgan fingerprint density at radius 3 is 1.36 bits per heavy atom. The Hall–Kier alpha value is -2.55. The van der Waals surface area contributed by atoms with Gasteiger partial charge in [-0.1, -0.05) is 196 Å². The lowest BCUT2D eigenvalue weighted by Gasteiger charge is -2.28. The fourth-order valence-electron chi connectivity index (χ4n) is 6.27. The van der Waals surface area contributed by atoms with E-state index in [2.05, 4.69) is 74.6 Å². The summed E-state index contributed by atoms with van der Waals surface area (Å²) < 4.78 is 33.9. The van der Waals surface area contributed by atoms with Crippen molar-refractivity contribution in [1.29, 1.82) is 0 Å². The summed E-state index contributed by atoms with van der Waals surface area (Å²) in [5.41, 5.74) is 0. The maximum absolute atomic E-state index is 12.7. The lowest BCUT2D eigenvalue weighted by molar-refractivity contribution is -0.870. The number of likely N-dealkylation sites (N-methyl/N-ethyl adjacent to an activating group) is 1. The molecule has 0 aliphatic carbocycles. The van der Waals surface area contributed by atoms with Crippen LogP contribution >= 0.6 is 7.82 Å². The predicted molar refractivity (Wildman–Crippen MR) is 254 cm³/mol. The molecule has 0 aromatic rings. The SMILES string of the molecule is CC/C=C/C/C=C/C/C=C/C/C=C/C/C=C/C/C=C/CCC(=O)OC[C@H](COP(=O)([O-])OCC[N+](C)(C)C)OC(=O)CCCCCCCCCCCCCCCCCCCC. The van der Waals surface area contributed by atoms with Crippen LogP contribution in [0.15, 0.2) is 72.9 Å². The summed E-state index contributed by atoms with van der Waals surface area (Å²) in [6.45, 7) is 4.04. The second-order valence-electron chi connectivity index (χ2n) is 17.1. The maximum atomic E-state index is 12.7. The van der Waals surface area contributed by atoms with Crippen LogP contribution in [0.3, 0.4) is 0 Å². The van der Waals surface area contributed by atoms with Crippen molar-refractivity contribution in [2.75, 3.05) is 47.5 Å². The highest BCUT2D eigenvalue weighted by atomic mass is 31.2. The molecule has 0 aromatic heterocycles. The highest BCUT2D eigenvalue weighted by Crippen LogP contribution is 2.38. The highest BCUT2D eigenvalue weighted by molar-refractivity contribution is 7.45. The minimum Gasteiger partial charge on any atom is -0.756 e. The first-order valence-corrected chi connectivity index (χ1v) is 25.6. The molecule has 0 aliphatic heterocycles. The number of allylic oxidation sites excluding steroid dienone is 12. The Morgan fingerprint density at radius 1 is 0.525 bits per heavy atom. The molecule has 0 rings (SSSR count). The van der Waals surface area contributed by atoms with Crippen LogP contribution in [0.4, 0.5) is 0 Å². The number of esters is 2. The van der Waals surface area contributed by atoms with Crippen molar-refractivity contribution in [1.82, 2.24) is 0 Å². The molecular weight excluding hydrogens is 786 g/mol. The van der Waals surface area contributed by atoms with Crippen LogP contribution < -0.4 is 4.89 Å². The van der Waals surface area contributed by atoms with Crippen LogP contribution in [-0.2, 0) is 32.7 Å². The molecule has 352 valence electrons. The zero-order valence-corrected chi connectivity index (χ0v) is 40.5. The number of quaternary nitrogens is 1. The van der Waals surface area contributed by atoms with E-state index in [4.69, 9.17) is 18.5 Å². The van der Waals surface area contributed by atoms with Gasteiger partial charge in [0.25, 0.3) is 7.82 Å².